The van der Waals surface area contributed by atoms with E-state index in [0.717, 1.165) is 16.1 Å². The fourth-order valence-electron chi connectivity index (χ4n) is 2.46. The molecule has 0 radical (unpaired) electrons. The van der Waals surface area contributed by atoms with Crippen LogP contribution in [0.5, 0.6) is 5.75 Å². The van der Waals surface area contributed by atoms with Gasteiger partial charge in [-0.1, -0.05) is 30.3 Å². The molecule has 0 aliphatic carbocycles. The standard InChI is InChI=1S/C18H21BrN2O4S/c1-20(12-14-8-4-7-11-17(14)25-2)18(22)13-21(26(3,23)24)16-10-6-5-9-15(16)19/h4-11H,12-13H2,1-3H3. The molecule has 0 aliphatic heterocycles. The number of sulfonamides is 1. The molecule has 0 heterocycles. The molecule has 8 heteroatoms. The Labute approximate surface area is 162 Å². The lowest BCUT2D eigenvalue weighted by Gasteiger charge is -2.26. The van der Waals surface area contributed by atoms with Gasteiger partial charge in [-0.15, -0.1) is 0 Å². The number of hydrogen-bond acceptors (Lipinski definition) is 4. The van der Waals surface area contributed by atoms with Gasteiger partial charge >= 0.3 is 0 Å². The van der Waals surface area contributed by atoms with Gasteiger partial charge in [-0.05, 0) is 34.1 Å². The Morgan fingerprint density at radius 2 is 1.73 bits per heavy atom. The summed E-state index contributed by atoms with van der Waals surface area (Å²) >= 11 is 3.34. The molecule has 0 bridgehead atoms. The van der Waals surface area contributed by atoms with Crippen molar-refractivity contribution in [3.63, 3.8) is 0 Å². The number of nitrogens with zero attached hydrogens (tertiary/aromatic N) is 2. The van der Waals surface area contributed by atoms with Crippen LogP contribution < -0.4 is 9.04 Å². The first kappa shape index (κ1) is 20.3. The minimum atomic E-state index is -3.62. The Hall–Kier alpha value is -2.06. The lowest BCUT2D eigenvalue weighted by Crippen LogP contribution is -2.41. The highest BCUT2D eigenvalue weighted by Gasteiger charge is 2.24. The van der Waals surface area contributed by atoms with Gasteiger partial charge in [0.25, 0.3) is 0 Å². The van der Waals surface area contributed by atoms with Crippen molar-refractivity contribution < 1.29 is 17.9 Å². The molecule has 2 aromatic rings. The fourth-order valence-corrected chi connectivity index (χ4v) is 3.93. The topological polar surface area (TPSA) is 66.9 Å². The quantitative estimate of drug-likeness (QED) is 0.663. The van der Waals surface area contributed by atoms with E-state index in [1.807, 2.05) is 24.3 Å². The predicted octanol–water partition coefficient (Wildman–Crippen LogP) is 2.88. The molecular weight excluding hydrogens is 420 g/mol. The maximum atomic E-state index is 12.7. The largest absolute Gasteiger partial charge is 0.496 e. The molecule has 0 unspecified atom stereocenters. The van der Waals surface area contributed by atoms with Crippen molar-refractivity contribution in [1.82, 2.24) is 4.90 Å². The van der Waals surface area contributed by atoms with Crippen LogP contribution in [0.3, 0.4) is 0 Å². The summed E-state index contributed by atoms with van der Waals surface area (Å²) in [5.41, 5.74) is 1.27. The Balaban J connectivity index is 2.21. The molecule has 1 amide bonds. The molecule has 0 saturated heterocycles. The van der Waals surface area contributed by atoms with Gasteiger partial charge < -0.3 is 9.64 Å². The van der Waals surface area contributed by atoms with Crippen molar-refractivity contribution in [2.45, 2.75) is 6.54 Å². The van der Waals surface area contributed by atoms with Crippen LogP contribution >= 0.6 is 15.9 Å². The third-order valence-electron chi connectivity index (χ3n) is 3.83. The van der Waals surface area contributed by atoms with Crippen molar-refractivity contribution in [3.8, 4) is 5.75 Å². The number of halogens is 1. The van der Waals surface area contributed by atoms with E-state index in [1.54, 1.807) is 38.4 Å². The van der Waals surface area contributed by atoms with Crippen molar-refractivity contribution in [2.75, 3.05) is 31.3 Å². The zero-order valence-electron chi connectivity index (χ0n) is 14.8. The molecule has 0 saturated carbocycles. The van der Waals surface area contributed by atoms with Crippen LogP contribution in [0.4, 0.5) is 5.69 Å². The van der Waals surface area contributed by atoms with Crippen molar-refractivity contribution in [2.24, 2.45) is 0 Å². The summed E-state index contributed by atoms with van der Waals surface area (Å²) in [6, 6.07) is 14.3. The summed E-state index contributed by atoms with van der Waals surface area (Å²) < 4.78 is 31.4. The van der Waals surface area contributed by atoms with Gasteiger partial charge in [-0.25, -0.2) is 8.42 Å². The van der Waals surface area contributed by atoms with Gasteiger partial charge in [0.15, 0.2) is 0 Å². The first-order chi connectivity index (χ1) is 12.2. The average Bonchev–Trinajstić information content (AvgIpc) is 2.59. The van der Waals surface area contributed by atoms with E-state index >= 15 is 0 Å². The molecular formula is C18H21BrN2O4S. The summed E-state index contributed by atoms with van der Waals surface area (Å²) in [4.78, 5) is 14.1. The normalized spacial score (nSPS) is 11.1. The number of amides is 1. The van der Waals surface area contributed by atoms with E-state index in [-0.39, 0.29) is 12.5 Å². The zero-order valence-corrected chi connectivity index (χ0v) is 17.2. The highest BCUT2D eigenvalue weighted by molar-refractivity contribution is 9.10. The number of benzene rings is 2. The number of ether oxygens (including phenoxy) is 1. The predicted molar refractivity (Wildman–Crippen MR) is 106 cm³/mol. The molecule has 0 N–H and O–H groups in total. The average molecular weight is 441 g/mol. The van der Waals surface area contributed by atoms with Crippen LogP contribution in [0.15, 0.2) is 53.0 Å². The van der Waals surface area contributed by atoms with Gasteiger partial charge in [-0.2, -0.15) is 0 Å². The Morgan fingerprint density at radius 3 is 2.35 bits per heavy atom. The SMILES string of the molecule is COc1ccccc1CN(C)C(=O)CN(c1ccccc1Br)S(C)(=O)=O. The van der Waals surface area contributed by atoms with Gasteiger partial charge in [0.2, 0.25) is 15.9 Å². The first-order valence-corrected chi connectivity index (χ1v) is 10.5. The summed E-state index contributed by atoms with van der Waals surface area (Å²) in [5, 5.41) is 0. The van der Waals surface area contributed by atoms with E-state index < -0.39 is 10.0 Å². The van der Waals surface area contributed by atoms with Crippen LogP contribution in [0.1, 0.15) is 5.56 Å². The van der Waals surface area contributed by atoms with E-state index in [9.17, 15) is 13.2 Å². The molecule has 0 spiro atoms. The maximum absolute atomic E-state index is 12.7. The highest BCUT2D eigenvalue weighted by Crippen LogP contribution is 2.27. The molecule has 6 nitrogen and oxygen atoms in total. The summed E-state index contributed by atoms with van der Waals surface area (Å²) in [6.07, 6.45) is 1.08. The van der Waals surface area contributed by atoms with Crippen LogP contribution in [0.25, 0.3) is 0 Å². The van der Waals surface area contributed by atoms with Crippen LogP contribution in [0, 0.1) is 0 Å². The second kappa shape index (κ2) is 8.55. The first-order valence-electron chi connectivity index (χ1n) is 7.82. The number of para-hydroxylation sites is 2. The summed E-state index contributed by atoms with van der Waals surface area (Å²) in [6.45, 7) is 0.0313. The number of rotatable bonds is 7. The Bertz CT molecular complexity index is 886. The number of methoxy groups -OCH3 is 1. The van der Waals surface area contributed by atoms with E-state index in [4.69, 9.17) is 4.74 Å². The Morgan fingerprint density at radius 1 is 1.12 bits per heavy atom. The highest BCUT2D eigenvalue weighted by atomic mass is 79.9. The molecule has 140 valence electrons. The molecule has 0 fully saturated rings. The third-order valence-corrected chi connectivity index (χ3v) is 5.62. The van der Waals surface area contributed by atoms with E-state index in [1.165, 1.54) is 4.90 Å². The van der Waals surface area contributed by atoms with Crippen LogP contribution in [-0.2, 0) is 21.4 Å². The van der Waals surface area contributed by atoms with Crippen LogP contribution in [-0.4, -0.2) is 46.2 Å². The lowest BCUT2D eigenvalue weighted by atomic mass is 10.2. The number of carbonyl (C=O) groups is 1. The van der Waals surface area contributed by atoms with Crippen LogP contribution in [0.2, 0.25) is 0 Å². The molecule has 0 atom stereocenters. The summed E-state index contributed by atoms with van der Waals surface area (Å²) in [5.74, 6) is 0.356. The Kier molecular flexibility index (Phi) is 6.66. The molecule has 26 heavy (non-hydrogen) atoms. The summed E-state index contributed by atoms with van der Waals surface area (Å²) in [7, 11) is -0.421. The maximum Gasteiger partial charge on any atom is 0.243 e. The number of anilines is 1. The minimum absolute atomic E-state index is 0.285. The van der Waals surface area contributed by atoms with Crippen molar-refractivity contribution in [3.05, 3.63) is 58.6 Å². The van der Waals surface area contributed by atoms with Gasteiger partial charge in [-0.3, -0.25) is 9.10 Å². The monoisotopic (exact) mass is 440 g/mol. The molecule has 2 rings (SSSR count). The van der Waals surface area contributed by atoms with E-state index in [2.05, 4.69) is 15.9 Å². The second-order valence-electron chi connectivity index (χ2n) is 5.78. The third kappa shape index (κ3) is 4.98. The zero-order chi connectivity index (χ0) is 19.3. The minimum Gasteiger partial charge on any atom is -0.496 e. The molecule has 0 aromatic heterocycles. The smallest absolute Gasteiger partial charge is 0.243 e. The van der Waals surface area contributed by atoms with E-state index in [0.29, 0.717) is 22.5 Å². The second-order valence-corrected chi connectivity index (χ2v) is 8.54. The number of carbonyl (C=O) groups excluding carboxylic acids is 1. The van der Waals surface area contributed by atoms with Gasteiger partial charge in [0.1, 0.15) is 12.3 Å². The molecule has 2 aromatic carbocycles. The van der Waals surface area contributed by atoms with Crippen molar-refractivity contribution in [1.29, 1.82) is 0 Å². The fraction of sp³-hybridized carbons (Fsp3) is 0.278. The lowest BCUT2D eigenvalue weighted by molar-refractivity contribution is -0.128. The van der Waals surface area contributed by atoms with Gasteiger partial charge in [0, 0.05) is 23.6 Å². The van der Waals surface area contributed by atoms with Gasteiger partial charge in [0.05, 0.1) is 19.1 Å². The number of hydrogen-bond donors (Lipinski definition) is 0. The molecule has 0 aliphatic rings. The number of likely N-dealkylation sites (N-methyl/N-ethyl adjacent to an activating group) is 1. The van der Waals surface area contributed by atoms with Crippen molar-refractivity contribution >= 4 is 37.5 Å².